The van der Waals surface area contributed by atoms with E-state index in [2.05, 4.69) is 21.6 Å². The van der Waals surface area contributed by atoms with Crippen LogP contribution in [0.15, 0.2) is 121 Å². The fourth-order valence-electron chi connectivity index (χ4n) is 4.48. The van der Waals surface area contributed by atoms with Crippen molar-refractivity contribution in [2.24, 2.45) is 0 Å². The summed E-state index contributed by atoms with van der Waals surface area (Å²) in [7, 11) is 1.87. The van der Waals surface area contributed by atoms with Crippen molar-refractivity contribution in [3.8, 4) is 5.75 Å². The molecule has 1 amide bonds. The highest BCUT2D eigenvalue weighted by atomic mass is 16.6. The second-order valence-electron chi connectivity index (χ2n) is 10.5. The number of allylic oxidation sites excluding steroid dienone is 1. The first kappa shape index (κ1) is 31.2. The van der Waals surface area contributed by atoms with Gasteiger partial charge >= 0.3 is 0 Å². The van der Waals surface area contributed by atoms with Crippen molar-refractivity contribution in [1.82, 2.24) is 5.48 Å². The molecule has 0 radical (unpaired) electrons. The zero-order chi connectivity index (χ0) is 31.4. The minimum absolute atomic E-state index is 0.0387. The van der Waals surface area contributed by atoms with Gasteiger partial charge in [-0.05, 0) is 97.3 Å². The molecule has 1 aliphatic rings. The number of carbonyl (C=O) groups excluding carboxylic acids is 2. The standard InChI is InChI=1S/C36H36N4O5/c1-25(41)28-10-6-26(7-11-28)24-44-40-33-4-3-5-35(22-33)45-34-20-18-31(19-21-34)38-36(42)29-12-8-27(9-13-29)23-43-39-32-16-14-30(37-2)15-17-32/h3,5-22,33,37,39-40H,4,23-24H2,1-2H3,(H,38,42). The lowest BCUT2D eigenvalue weighted by Gasteiger charge is -2.18. The lowest BCUT2D eigenvalue weighted by Crippen LogP contribution is -2.28. The monoisotopic (exact) mass is 604 g/mol. The quantitative estimate of drug-likeness (QED) is 0.0897. The zero-order valence-corrected chi connectivity index (χ0v) is 25.2. The van der Waals surface area contributed by atoms with Crippen molar-refractivity contribution < 1.29 is 24.0 Å². The Bertz CT molecular complexity index is 1630. The molecule has 4 N–H and O–H groups in total. The van der Waals surface area contributed by atoms with Gasteiger partial charge in [0.2, 0.25) is 0 Å². The number of nitrogens with one attached hydrogen (secondary N) is 4. The first-order chi connectivity index (χ1) is 21.9. The zero-order valence-electron chi connectivity index (χ0n) is 25.2. The number of hydrogen-bond acceptors (Lipinski definition) is 8. The summed E-state index contributed by atoms with van der Waals surface area (Å²) in [6.07, 6.45) is 6.66. The summed E-state index contributed by atoms with van der Waals surface area (Å²) < 4.78 is 6.03. The van der Waals surface area contributed by atoms with Crippen LogP contribution in [-0.4, -0.2) is 24.8 Å². The molecule has 9 heteroatoms. The Balaban J connectivity index is 1.05. The van der Waals surface area contributed by atoms with Gasteiger partial charge in [0.1, 0.15) is 11.5 Å². The summed E-state index contributed by atoms with van der Waals surface area (Å²) in [4.78, 5) is 35.5. The molecule has 5 rings (SSSR count). The highest BCUT2D eigenvalue weighted by Crippen LogP contribution is 2.22. The van der Waals surface area contributed by atoms with Crippen molar-refractivity contribution >= 4 is 28.8 Å². The van der Waals surface area contributed by atoms with Gasteiger partial charge in [0.15, 0.2) is 5.78 Å². The number of benzene rings is 4. The lowest BCUT2D eigenvalue weighted by atomic mass is 10.1. The van der Waals surface area contributed by atoms with E-state index >= 15 is 0 Å². The summed E-state index contributed by atoms with van der Waals surface area (Å²) in [6.45, 7) is 2.27. The molecular weight excluding hydrogens is 568 g/mol. The van der Waals surface area contributed by atoms with Gasteiger partial charge in [-0.3, -0.25) is 24.7 Å². The Labute approximate surface area is 262 Å². The van der Waals surface area contributed by atoms with Crippen LogP contribution in [0.4, 0.5) is 17.1 Å². The molecule has 0 fully saturated rings. The van der Waals surface area contributed by atoms with Crippen LogP contribution in [0.3, 0.4) is 0 Å². The third kappa shape index (κ3) is 9.38. The van der Waals surface area contributed by atoms with Gasteiger partial charge in [-0.15, -0.1) is 0 Å². The van der Waals surface area contributed by atoms with Crippen LogP contribution < -0.4 is 26.3 Å². The fraction of sp³-hybridized carbons (Fsp3) is 0.167. The molecule has 1 atom stereocenters. The summed E-state index contributed by atoms with van der Waals surface area (Å²) in [5.41, 5.74) is 11.6. The molecule has 4 aromatic rings. The molecule has 0 spiro atoms. The van der Waals surface area contributed by atoms with Gasteiger partial charge in [0, 0.05) is 29.5 Å². The maximum absolute atomic E-state index is 12.8. The van der Waals surface area contributed by atoms with E-state index in [4.69, 9.17) is 14.4 Å². The van der Waals surface area contributed by atoms with E-state index in [0.717, 1.165) is 28.9 Å². The van der Waals surface area contributed by atoms with E-state index < -0.39 is 0 Å². The fourth-order valence-corrected chi connectivity index (χ4v) is 4.48. The topological polar surface area (TPSA) is 110 Å². The summed E-state index contributed by atoms with van der Waals surface area (Å²) in [5, 5.41) is 5.99. The molecule has 0 saturated heterocycles. The molecule has 1 unspecified atom stereocenters. The van der Waals surface area contributed by atoms with Crippen molar-refractivity contribution in [3.63, 3.8) is 0 Å². The third-order valence-electron chi connectivity index (χ3n) is 7.04. The average Bonchev–Trinajstić information content (AvgIpc) is 3.07. The summed E-state index contributed by atoms with van der Waals surface area (Å²) in [5.74, 6) is 1.17. The number of hydrogen-bond donors (Lipinski definition) is 4. The smallest absolute Gasteiger partial charge is 0.255 e. The average molecular weight is 605 g/mol. The van der Waals surface area contributed by atoms with Crippen LogP contribution in [0.1, 0.15) is 45.2 Å². The Morgan fingerprint density at radius 1 is 0.733 bits per heavy atom. The summed E-state index contributed by atoms with van der Waals surface area (Å²) in [6, 6.07) is 29.6. The van der Waals surface area contributed by atoms with E-state index in [0.29, 0.717) is 41.5 Å². The number of ketones is 1. The molecule has 0 bridgehead atoms. The minimum Gasteiger partial charge on any atom is -0.458 e. The van der Waals surface area contributed by atoms with Crippen molar-refractivity contribution in [1.29, 1.82) is 0 Å². The van der Waals surface area contributed by atoms with Crippen LogP contribution in [0.5, 0.6) is 5.75 Å². The molecule has 0 aromatic heterocycles. The molecule has 230 valence electrons. The Hall–Kier alpha value is -5.22. The van der Waals surface area contributed by atoms with E-state index in [9.17, 15) is 9.59 Å². The molecule has 0 saturated carbocycles. The van der Waals surface area contributed by atoms with Crippen LogP contribution in [-0.2, 0) is 22.9 Å². The van der Waals surface area contributed by atoms with E-state index in [1.165, 1.54) is 0 Å². The number of hydroxylamine groups is 1. The van der Waals surface area contributed by atoms with Gasteiger partial charge in [-0.25, -0.2) is 0 Å². The highest BCUT2D eigenvalue weighted by Gasteiger charge is 2.12. The lowest BCUT2D eigenvalue weighted by molar-refractivity contribution is 0.0133. The Kier molecular flexibility index (Phi) is 10.7. The van der Waals surface area contributed by atoms with Crippen LogP contribution in [0, 0.1) is 0 Å². The van der Waals surface area contributed by atoms with Crippen LogP contribution in [0.2, 0.25) is 0 Å². The van der Waals surface area contributed by atoms with Gasteiger partial charge in [0.25, 0.3) is 5.91 Å². The number of anilines is 3. The molecule has 9 nitrogen and oxygen atoms in total. The number of amides is 1. The van der Waals surface area contributed by atoms with Gasteiger partial charge in [0.05, 0.1) is 24.9 Å². The number of ether oxygens (including phenoxy) is 1. The first-order valence-corrected chi connectivity index (χ1v) is 14.6. The minimum atomic E-state index is -0.208. The van der Waals surface area contributed by atoms with Crippen molar-refractivity contribution in [3.05, 3.63) is 143 Å². The highest BCUT2D eigenvalue weighted by molar-refractivity contribution is 6.04. The molecule has 4 aromatic carbocycles. The second kappa shape index (κ2) is 15.5. The van der Waals surface area contributed by atoms with Gasteiger partial charge in [-0.1, -0.05) is 42.5 Å². The molecule has 45 heavy (non-hydrogen) atoms. The largest absolute Gasteiger partial charge is 0.458 e. The van der Waals surface area contributed by atoms with E-state index in [1.807, 2.05) is 85.9 Å². The van der Waals surface area contributed by atoms with Gasteiger partial charge in [-0.2, -0.15) is 5.48 Å². The number of Topliss-reactive ketones (excluding diaryl/α,β-unsaturated/α-hetero) is 1. The van der Waals surface area contributed by atoms with E-state index in [-0.39, 0.29) is 17.7 Å². The first-order valence-electron chi connectivity index (χ1n) is 14.6. The maximum atomic E-state index is 12.8. The molecule has 0 heterocycles. The normalized spacial score (nSPS) is 13.9. The van der Waals surface area contributed by atoms with Crippen LogP contribution >= 0.6 is 0 Å². The predicted octanol–water partition coefficient (Wildman–Crippen LogP) is 7.04. The Morgan fingerprint density at radius 3 is 1.98 bits per heavy atom. The third-order valence-corrected chi connectivity index (χ3v) is 7.04. The number of rotatable bonds is 14. The van der Waals surface area contributed by atoms with Gasteiger partial charge < -0.3 is 15.4 Å². The SMILES string of the molecule is CNc1ccc(NOCc2ccc(C(=O)Nc3ccc(OC4=CC(NOCc5ccc(C(C)=O)cc5)CC=C4)cc3)cc2)cc1. The van der Waals surface area contributed by atoms with Crippen LogP contribution in [0.25, 0.3) is 0 Å². The number of carbonyl (C=O) groups is 2. The second-order valence-corrected chi connectivity index (χ2v) is 10.5. The van der Waals surface area contributed by atoms with E-state index in [1.54, 1.807) is 43.3 Å². The predicted molar refractivity (Wildman–Crippen MR) is 176 cm³/mol. The Morgan fingerprint density at radius 2 is 1.33 bits per heavy atom. The van der Waals surface area contributed by atoms with Crippen molar-refractivity contribution in [2.45, 2.75) is 32.6 Å². The summed E-state index contributed by atoms with van der Waals surface area (Å²) >= 11 is 0. The maximum Gasteiger partial charge on any atom is 0.255 e. The molecular formula is C36H36N4O5. The molecule has 0 aliphatic heterocycles. The van der Waals surface area contributed by atoms with Crippen molar-refractivity contribution in [2.75, 3.05) is 23.2 Å². The molecule has 1 aliphatic carbocycles.